The topological polar surface area (TPSA) is 55.4 Å². The number of allylic oxidation sites excluding steroid dienone is 1. The van der Waals surface area contributed by atoms with Gasteiger partial charge in [-0.3, -0.25) is 14.9 Å². The highest BCUT2D eigenvalue weighted by Crippen LogP contribution is 2.38. The lowest BCUT2D eigenvalue weighted by atomic mass is 9.76. The van der Waals surface area contributed by atoms with Crippen molar-refractivity contribution in [2.75, 3.05) is 0 Å². The summed E-state index contributed by atoms with van der Waals surface area (Å²) in [6.07, 6.45) is 7.14. The molecular formula is C34H39NO3. The van der Waals surface area contributed by atoms with Crippen LogP contribution in [-0.4, -0.2) is 23.9 Å². The molecule has 3 aromatic carbocycles. The van der Waals surface area contributed by atoms with Gasteiger partial charge in [0.15, 0.2) is 5.78 Å². The molecule has 4 rings (SSSR count). The van der Waals surface area contributed by atoms with Gasteiger partial charge in [0, 0.05) is 6.42 Å². The molecule has 2 unspecified atom stereocenters. The van der Waals surface area contributed by atoms with Gasteiger partial charge in [-0.1, -0.05) is 110 Å². The van der Waals surface area contributed by atoms with Crippen molar-refractivity contribution in [3.05, 3.63) is 120 Å². The Morgan fingerprint density at radius 1 is 0.842 bits per heavy atom. The summed E-state index contributed by atoms with van der Waals surface area (Å²) in [5, 5.41) is 3.73. The fraction of sp³-hybridized carbons (Fsp3) is 0.353. The van der Waals surface area contributed by atoms with Crippen molar-refractivity contribution in [2.24, 2.45) is 5.92 Å². The average molecular weight is 510 g/mol. The predicted octanol–water partition coefficient (Wildman–Crippen LogP) is 6.98. The van der Waals surface area contributed by atoms with Crippen LogP contribution in [0.25, 0.3) is 0 Å². The summed E-state index contributed by atoms with van der Waals surface area (Å²) in [4.78, 5) is 27.0. The van der Waals surface area contributed by atoms with Crippen molar-refractivity contribution in [3.63, 3.8) is 0 Å². The van der Waals surface area contributed by atoms with Crippen molar-refractivity contribution in [3.8, 4) is 0 Å². The van der Waals surface area contributed by atoms with Crippen LogP contribution in [0.5, 0.6) is 0 Å². The van der Waals surface area contributed by atoms with E-state index in [0.29, 0.717) is 6.42 Å². The predicted molar refractivity (Wildman–Crippen MR) is 153 cm³/mol. The third-order valence-corrected chi connectivity index (χ3v) is 7.55. The van der Waals surface area contributed by atoms with Crippen LogP contribution in [0.15, 0.2) is 104 Å². The van der Waals surface area contributed by atoms with E-state index in [-0.39, 0.29) is 30.2 Å². The number of benzene rings is 3. The average Bonchev–Trinajstić information content (AvgIpc) is 2.97. The molecule has 0 aliphatic heterocycles. The third kappa shape index (κ3) is 6.68. The standard InChI is InChI=1S/C34H39NO3/c1-3-26(2)24-32(36)31(25-33(37)38-30-22-14-7-15-23-30)35-34(27-16-8-4-9-17-27,28-18-10-5-11-19-28)29-20-12-6-13-21-29/h3-6,8-13,16-21,26,30-31,35H,1,7,14-15,22-25H2,2H3. The summed E-state index contributed by atoms with van der Waals surface area (Å²) < 4.78 is 5.88. The summed E-state index contributed by atoms with van der Waals surface area (Å²) in [6, 6.07) is 29.7. The lowest BCUT2D eigenvalue weighted by molar-refractivity contribution is -0.152. The third-order valence-electron chi connectivity index (χ3n) is 7.55. The Morgan fingerprint density at radius 2 is 1.32 bits per heavy atom. The molecule has 2 atom stereocenters. The zero-order valence-electron chi connectivity index (χ0n) is 22.4. The van der Waals surface area contributed by atoms with Gasteiger partial charge in [-0.15, -0.1) is 6.58 Å². The van der Waals surface area contributed by atoms with Gasteiger partial charge in [-0.2, -0.15) is 0 Å². The van der Waals surface area contributed by atoms with E-state index in [0.717, 1.165) is 42.4 Å². The van der Waals surface area contributed by atoms with Crippen molar-refractivity contribution in [2.45, 2.75) is 69.6 Å². The maximum atomic E-state index is 13.8. The van der Waals surface area contributed by atoms with Crippen LogP contribution in [0.3, 0.4) is 0 Å². The molecule has 0 saturated heterocycles. The summed E-state index contributed by atoms with van der Waals surface area (Å²) in [5.41, 5.74) is 2.12. The summed E-state index contributed by atoms with van der Waals surface area (Å²) >= 11 is 0. The summed E-state index contributed by atoms with van der Waals surface area (Å²) in [7, 11) is 0. The van der Waals surface area contributed by atoms with Crippen molar-refractivity contribution in [1.82, 2.24) is 5.32 Å². The smallest absolute Gasteiger partial charge is 0.308 e. The van der Waals surface area contributed by atoms with Crippen LogP contribution in [0.1, 0.15) is 68.6 Å². The van der Waals surface area contributed by atoms with Gasteiger partial charge in [0.25, 0.3) is 0 Å². The SMILES string of the molecule is C=CC(C)CC(=O)C(CC(=O)OC1CCCCC1)NC(c1ccccc1)(c1ccccc1)c1ccccc1. The second-order valence-corrected chi connectivity index (χ2v) is 10.4. The first-order valence-corrected chi connectivity index (χ1v) is 13.8. The number of Topliss-reactive ketones (excluding diaryl/α,β-unsaturated/α-hetero) is 1. The zero-order valence-corrected chi connectivity index (χ0v) is 22.4. The van der Waals surface area contributed by atoms with Gasteiger partial charge in [-0.05, 0) is 48.3 Å². The Morgan fingerprint density at radius 3 is 1.76 bits per heavy atom. The van der Waals surface area contributed by atoms with Crippen molar-refractivity contribution in [1.29, 1.82) is 0 Å². The molecule has 0 spiro atoms. The molecular weight excluding hydrogens is 470 g/mol. The molecule has 0 radical (unpaired) electrons. The summed E-state index contributed by atoms with van der Waals surface area (Å²) in [5.74, 6) is -0.344. The van der Waals surface area contributed by atoms with Gasteiger partial charge in [0.2, 0.25) is 0 Å². The number of ether oxygens (including phenoxy) is 1. The molecule has 38 heavy (non-hydrogen) atoms. The fourth-order valence-corrected chi connectivity index (χ4v) is 5.45. The largest absolute Gasteiger partial charge is 0.462 e. The molecule has 4 nitrogen and oxygen atoms in total. The Bertz CT molecular complexity index is 1070. The van der Waals surface area contributed by atoms with E-state index in [4.69, 9.17) is 4.74 Å². The van der Waals surface area contributed by atoms with Crippen LogP contribution in [-0.2, 0) is 19.9 Å². The first kappa shape index (κ1) is 27.5. The zero-order chi connectivity index (χ0) is 26.8. The van der Waals surface area contributed by atoms with E-state index in [2.05, 4.69) is 48.3 Å². The Kier molecular flexibility index (Phi) is 9.67. The van der Waals surface area contributed by atoms with E-state index >= 15 is 0 Å². The maximum absolute atomic E-state index is 13.8. The number of carbonyl (C=O) groups excluding carboxylic acids is 2. The van der Waals surface area contributed by atoms with E-state index in [9.17, 15) is 9.59 Å². The Labute approximate surface area is 227 Å². The van der Waals surface area contributed by atoms with Gasteiger partial charge in [0.05, 0.1) is 18.0 Å². The highest BCUT2D eigenvalue weighted by Gasteiger charge is 2.40. The number of carbonyl (C=O) groups is 2. The lowest BCUT2D eigenvalue weighted by Gasteiger charge is -2.40. The number of esters is 1. The minimum absolute atomic E-state index is 0.000686. The molecule has 198 valence electrons. The van der Waals surface area contributed by atoms with Gasteiger partial charge in [-0.25, -0.2) is 0 Å². The molecule has 0 heterocycles. The van der Waals surface area contributed by atoms with Crippen LogP contribution in [0.2, 0.25) is 0 Å². The highest BCUT2D eigenvalue weighted by atomic mass is 16.5. The van der Waals surface area contributed by atoms with Crippen molar-refractivity contribution >= 4 is 11.8 Å². The summed E-state index contributed by atoms with van der Waals surface area (Å²) in [6.45, 7) is 5.84. The second kappa shape index (κ2) is 13.3. The second-order valence-electron chi connectivity index (χ2n) is 10.4. The minimum atomic E-state index is -0.855. The molecule has 3 aromatic rings. The van der Waals surface area contributed by atoms with Gasteiger partial charge < -0.3 is 4.74 Å². The van der Waals surface area contributed by atoms with E-state index in [1.165, 1.54) is 6.42 Å². The number of hydrogen-bond donors (Lipinski definition) is 1. The molecule has 1 aliphatic carbocycles. The van der Waals surface area contributed by atoms with Crippen LogP contribution in [0.4, 0.5) is 0 Å². The molecule has 0 aromatic heterocycles. The van der Waals surface area contributed by atoms with Gasteiger partial charge >= 0.3 is 5.97 Å². The van der Waals surface area contributed by atoms with Gasteiger partial charge in [0.1, 0.15) is 6.10 Å². The number of hydrogen-bond acceptors (Lipinski definition) is 4. The molecule has 0 bridgehead atoms. The monoisotopic (exact) mass is 509 g/mol. The number of rotatable bonds is 12. The number of ketones is 1. The highest BCUT2D eigenvalue weighted by molar-refractivity contribution is 5.89. The first-order valence-electron chi connectivity index (χ1n) is 13.8. The molecule has 1 fully saturated rings. The number of nitrogens with one attached hydrogen (secondary N) is 1. The molecule has 0 amide bonds. The molecule has 1 saturated carbocycles. The normalized spacial score (nSPS) is 15.8. The minimum Gasteiger partial charge on any atom is -0.462 e. The Hall–Kier alpha value is -3.50. The van der Waals surface area contributed by atoms with Crippen LogP contribution >= 0.6 is 0 Å². The quantitative estimate of drug-likeness (QED) is 0.162. The molecule has 4 heteroatoms. The van der Waals surface area contributed by atoms with Crippen LogP contribution < -0.4 is 5.32 Å². The van der Waals surface area contributed by atoms with Crippen LogP contribution in [0, 0.1) is 5.92 Å². The van der Waals surface area contributed by atoms with E-state index in [1.54, 1.807) is 6.08 Å². The fourth-order valence-electron chi connectivity index (χ4n) is 5.45. The Balaban J connectivity index is 1.77. The molecule has 1 aliphatic rings. The lowest BCUT2D eigenvalue weighted by Crippen LogP contribution is -2.53. The first-order chi connectivity index (χ1) is 18.5. The van der Waals surface area contributed by atoms with Crippen molar-refractivity contribution < 1.29 is 14.3 Å². The maximum Gasteiger partial charge on any atom is 0.308 e. The van der Waals surface area contributed by atoms with E-state index < -0.39 is 11.6 Å². The molecule has 1 N–H and O–H groups in total. The van der Waals surface area contributed by atoms with E-state index in [1.807, 2.05) is 61.5 Å².